The van der Waals surface area contributed by atoms with Crippen LogP contribution in [0.5, 0.6) is 0 Å². The van der Waals surface area contributed by atoms with Crippen LogP contribution in [0, 0.1) is 6.92 Å². The Morgan fingerprint density at radius 1 is 1.35 bits per heavy atom. The number of nitrogens with one attached hydrogen (secondary N) is 1. The minimum absolute atomic E-state index is 0.168. The topological polar surface area (TPSA) is 50.1 Å². The number of aliphatic hydroxyl groups is 1. The fourth-order valence-corrected chi connectivity index (χ4v) is 3.28. The standard InChI is InChI=1S/C16H29N3O/c1-12(2)18-16(4,11-20)9-10-19-13(3)17-14-7-5-6-8-15(14)19/h12,18,20H,5-11H2,1-4H3. The zero-order chi connectivity index (χ0) is 14.8. The molecule has 0 amide bonds. The van der Waals surface area contributed by atoms with Crippen molar-refractivity contribution in [3.63, 3.8) is 0 Å². The van der Waals surface area contributed by atoms with Gasteiger partial charge in [-0.2, -0.15) is 0 Å². The lowest BCUT2D eigenvalue weighted by Crippen LogP contribution is -2.49. The van der Waals surface area contributed by atoms with E-state index in [1.165, 1.54) is 24.2 Å². The zero-order valence-electron chi connectivity index (χ0n) is 13.4. The molecule has 2 rings (SSSR count). The summed E-state index contributed by atoms with van der Waals surface area (Å²) in [5, 5.41) is 13.2. The molecule has 1 aromatic heterocycles. The smallest absolute Gasteiger partial charge is 0.106 e. The predicted molar refractivity (Wildman–Crippen MR) is 82.0 cm³/mol. The molecule has 1 aliphatic carbocycles. The van der Waals surface area contributed by atoms with E-state index in [4.69, 9.17) is 4.98 Å². The lowest BCUT2D eigenvalue weighted by molar-refractivity contribution is 0.151. The molecule has 0 bridgehead atoms. The Bertz CT molecular complexity index is 453. The third-order valence-corrected chi connectivity index (χ3v) is 4.30. The van der Waals surface area contributed by atoms with Crippen molar-refractivity contribution < 1.29 is 5.11 Å². The molecular weight excluding hydrogens is 250 g/mol. The van der Waals surface area contributed by atoms with Crippen molar-refractivity contribution in [3.05, 3.63) is 17.2 Å². The molecular formula is C16H29N3O. The highest BCUT2D eigenvalue weighted by Crippen LogP contribution is 2.23. The van der Waals surface area contributed by atoms with Gasteiger partial charge in [0.15, 0.2) is 0 Å². The number of hydrogen-bond donors (Lipinski definition) is 2. The van der Waals surface area contributed by atoms with Crippen molar-refractivity contribution in [2.75, 3.05) is 6.61 Å². The van der Waals surface area contributed by atoms with Gasteiger partial charge in [0, 0.05) is 23.8 Å². The zero-order valence-corrected chi connectivity index (χ0v) is 13.4. The largest absolute Gasteiger partial charge is 0.394 e. The van der Waals surface area contributed by atoms with E-state index in [9.17, 15) is 5.11 Å². The molecule has 1 heterocycles. The molecule has 4 nitrogen and oxygen atoms in total. The second-order valence-electron chi connectivity index (χ2n) is 6.68. The first-order chi connectivity index (χ1) is 9.45. The van der Waals surface area contributed by atoms with Crippen molar-refractivity contribution in [1.82, 2.24) is 14.9 Å². The van der Waals surface area contributed by atoms with Crippen molar-refractivity contribution in [2.24, 2.45) is 0 Å². The summed E-state index contributed by atoms with van der Waals surface area (Å²) in [6.45, 7) is 9.55. The van der Waals surface area contributed by atoms with Gasteiger partial charge in [0.2, 0.25) is 0 Å². The average molecular weight is 279 g/mol. The Morgan fingerprint density at radius 2 is 2.05 bits per heavy atom. The number of fused-ring (bicyclic) bond motifs is 1. The van der Waals surface area contributed by atoms with Crippen LogP contribution in [0.3, 0.4) is 0 Å². The molecule has 1 atom stereocenters. The van der Waals surface area contributed by atoms with Crippen LogP contribution in [0.4, 0.5) is 0 Å². The average Bonchev–Trinajstić information content (AvgIpc) is 2.71. The number of imidazole rings is 1. The van der Waals surface area contributed by atoms with Crippen LogP contribution in [-0.2, 0) is 19.4 Å². The summed E-state index contributed by atoms with van der Waals surface area (Å²) in [4.78, 5) is 4.72. The van der Waals surface area contributed by atoms with Crippen LogP contribution in [0.1, 0.15) is 57.2 Å². The molecule has 1 aliphatic rings. The minimum Gasteiger partial charge on any atom is -0.394 e. The Morgan fingerprint density at radius 3 is 2.70 bits per heavy atom. The van der Waals surface area contributed by atoms with Crippen molar-refractivity contribution in [2.45, 2.75) is 77.9 Å². The maximum atomic E-state index is 9.68. The van der Waals surface area contributed by atoms with E-state index >= 15 is 0 Å². The highest BCUT2D eigenvalue weighted by atomic mass is 16.3. The van der Waals surface area contributed by atoms with Gasteiger partial charge in [0.05, 0.1) is 12.3 Å². The first kappa shape index (κ1) is 15.5. The van der Waals surface area contributed by atoms with Gasteiger partial charge in [-0.15, -0.1) is 0 Å². The lowest BCUT2D eigenvalue weighted by atomic mass is 9.97. The molecule has 2 N–H and O–H groups in total. The van der Waals surface area contributed by atoms with E-state index in [1.54, 1.807) is 0 Å². The summed E-state index contributed by atoms with van der Waals surface area (Å²) < 4.78 is 2.37. The van der Waals surface area contributed by atoms with Gasteiger partial charge < -0.3 is 15.0 Å². The molecule has 114 valence electrons. The van der Waals surface area contributed by atoms with E-state index in [1.807, 2.05) is 0 Å². The van der Waals surface area contributed by atoms with E-state index in [2.05, 4.69) is 37.6 Å². The van der Waals surface area contributed by atoms with Gasteiger partial charge in [0.25, 0.3) is 0 Å². The number of aromatic nitrogens is 2. The van der Waals surface area contributed by atoms with Gasteiger partial charge in [-0.05, 0) is 46.0 Å². The van der Waals surface area contributed by atoms with Crippen molar-refractivity contribution in [3.8, 4) is 0 Å². The maximum Gasteiger partial charge on any atom is 0.106 e. The second-order valence-corrected chi connectivity index (χ2v) is 6.68. The van der Waals surface area contributed by atoms with Crippen LogP contribution >= 0.6 is 0 Å². The minimum atomic E-state index is -0.216. The molecule has 4 heteroatoms. The molecule has 1 aromatic rings. The summed E-state index contributed by atoms with van der Waals surface area (Å²) in [6.07, 6.45) is 5.76. The lowest BCUT2D eigenvalue weighted by Gasteiger charge is -2.32. The third-order valence-electron chi connectivity index (χ3n) is 4.30. The second kappa shape index (κ2) is 6.27. The third kappa shape index (κ3) is 3.41. The Labute approximate surface area is 122 Å². The van der Waals surface area contributed by atoms with Gasteiger partial charge in [-0.3, -0.25) is 0 Å². The van der Waals surface area contributed by atoms with Crippen LogP contribution in [0.25, 0.3) is 0 Å². The van der Waals surface area contributed by atoms with Crippen LogP contribution < -0.4 is 5.32 Å². The molecule has 0 saturated heterocycles. The monoisotopic (exact) mass is 279 g/mol. The fraction of sp³-hybridized carbons (Fsp3) is 0.812. The molecule has 1 unspecified atom stereocenters. The molecule has 20 heavy (non-hydrogen) atoms. The SMILES string of the molecule is Cc1nc2c(n1CCC(C)(CO)NC(C)C)CCCC2. The normalized spacial score (nSPS) is 18.1. The van der Waals surface area contributed by atoms with Gasteiger partial charge >= 0.3 is 0 Å². The molecule has 0 radical (unpaired) electrons. The summed E-state index contributed by atoms with van der Waals surface area (Å²) in [6, 6.07) is 0.380. The number of aliphatic hydroxyl groups excluding tert-OH is 1. The van der Waals surface area contributed by atoms with Gasteiger partial charge in [0.1, 0.15) is 5.82 Å². The highest BCUT2D eigenvalue weighted by Gasteiger charge is 2.25. The fourth-order valence-electron chi connectivity index (χ4n) is 3.28. The van der Waals surface area contributed by atoms with E-state index in [0.29, 0.717) is 6.04 Å². The number of nitrogens with zero attached hydrogens (tertiary/aromatic N) is 2. The molecule has 0 saturated carbocycles. The maximum absolute atomic E-state index is 9.68. The van der Waals surface area contributed by atoms with E-state index in [0.717, 1.165) is 31.6 Å². The highest BCUT2D eigenvalue weighted by molar-refractivity contribution is 5.20. The van der Waals surface area contributed by atoms with E-state index in [-0.39, 0.29) is 12.1 Å². The summed E-state index contributed by atoms with van der Waals surface area (Å²) in [7, 11) is 0. The summed E-state index contributed by atoms with van der Waals surface area (Å²) in [5.41, 5.74) is 2.52. The quantitative estimate of drug-likeness (QED) is 0.839. The van der Waals surface area contributed by atoms with E-state index < -0.39 is 0 Å². The Hall–Kier alpha value is -0.870. The first-order valence-electron chi connectivity index (χ1n) is 7.88. The van der Waals surface area contributed by atoms with Crippen LogP contribution in [0.2, 0.25) is 0 Å². The Balaban J connectivity index is 2.08. The molecule has 0 fully saturated rings. The Kier molecular flexibility index (Phi) is 4.86. The molecule has 0 aromatic carbocycles. The first-order valence-corrected chi connectivity index (χ1v) is 7.88. The number of rotatable bonds is 6. The van der Waals surface area contributed by atoms with Crippen LogP contribution in [0.15, 0.2) is 0 Å². The molecule has 0 spiro atoms. The van der Waals surface area contributed by atoms with Crippen molar-refractivity contribution >= 4 is 0 Å². The van der Waals surface area contributed by atoms with Crippen molar-refractivity contribution in [1.29, 1.82) is 0 Å². The number of hydrogen-bond acceptors (Lipinski definition) is 3. The summed E-state index contributed by atoms with van der Waals surface area (Å²) in [5.74, 6) is 1.13. The molecule has 0 aliphatic heterocycles. The number of aryl methyl sites for hydroxylation is 2. The summed E-state index contributed by atoms with van der Waals surface area (Å²) >= 11 is 0. The van der Waals surface area contributed by atoms with Gasteiger partial charge in [-0.25, -0.2) is 4.98 Å². The van der Waals surface area contributed by atoms with Gasteiger partial charge in [-0.1, -0.05) is 13.8 Å². The predicted octanol–water partition coefficient (Wildman–Crippen LogP) is 2.21. The van der Waals surface area contributed by atoms with Crippen LogP contribution in [-0.4, -0.2) is 32.8 Å².